The molecule has 0 aliphatic carbocycles. The van der Waals surface area contributed by atoms with E-state index in [2.05, 4.69) is 15.5 Å². The fourth-order valence-electron chi connectivity index (χ4n) is 2.04. The number of aryl methyl sites for hydroxylation is 1. The zero-order valence-electron chi connectivity index (χ0n) is 12.6. The van der Waals surface area contributed by atoms with Crippen LogP contribution in [0.2, 0.25) is 0 Å². The average molecular weight is 328 g/mol. The molecule has 0 saturated carbocycles. The Balaban J connectivity index is 1.78. The third-order valence-corrected chi connectivity index (χ3v) is 3.26. The van der Waals surface area contributed by atoms with Gasteiger partial charge in [0.1, 0.15) is 0 Å². The Labute approximate surface area is 136 Å². The van der Waals surface area contributed by atoms with E-state index < -0.39 is 10.8 Å². The van der Waals surface area contributed by atoms with Crippen molar-refractivity contribution in [2.24, 2.45) is 5.10 Å². The number of nitrogens with one attached hydrogen (secondary N) is 1. The van der Waals surface area contributed by atoms with Gasteiger partial charge in [0.2, 0.25) is 6.79 Å². The first-order chi connectivity index (χ1) is 11.5. The standard InChI is InChI=1S/C15H12N4O5/c1-9-2-3-10(6-16-9)15(20)18-17-7-11-4-13-14(24-8-23-13)5-12(11)19(21)22/h2-7H,8H2,1H3,(H,18,20)/b17-7-. The van der Waals surface area contributed by atoms with E-state index in [1.165, 1.54) is 24.5 Å². The predicted molar refractivity (Wildman–Crippen MR) is 83.3 cm³/mol. The van der Waals surface area contributed by atoms with Crippen molar-refractivity contribution in [1.82, 2.24) is 10.4 Å². The quantitative estimate of drug-likeness (QED) is 0.519. The van der Waals surface area contributed by atoms with Gasteiger partial charge in [-0.1, -0.05) is 0 Å². The Hall–Kier alpha value is -3.49. The van der Waals surface area contributed by atoms with E-state index in [1.807, 2.05) is 0 Å². The SMILES string of the molecule is Cc1ccc(C(=O)N/N=C\c2cc3c(cc2[N+](=O)[O-])OCO3)cn1. The van der Waals surface area contributed by atoms with Crippen molar-refractivity contribution in [2.45, 2.75) is 6.92 Å². The molecule has 1 aromatic carbocycles. The van der Waals surface area contributed by atoms with Gasteiger partial charge in [-0.15, -0.1) is 0 Å². The summed E-state index contributed by atoms with van der Waals surface area (Å²) in [5, 5.41) is 14.9. The van der Waals surface area contributed by atoms with Crippen LogP contribution in [0.1, 0.15) is 21.6 Å². The van der Waals surface area contributed by atoms with Crippen molar-refractivity contribution in [3.8, 4) is 11.5 Å². The third kappa shape index (κ3) is 3.14. The molecule has 1 aliphatic rings. The van der Waals surface area contributed by atoms with E-state index in [0.29, 0.717) is 17.1 Å². The van der Waals surface area contributed by atoms with E-state index in [0.717, 1.165) is 5.69 Å². The molecule has 0 radical (unpaired) electrons. The molecule has 122 valence electrons. The number of benzene rings is 1. The predicted octanol–water partition coefficient (Wildman–Crippen LogP) is 1.79. The van der Waals surface area contributed by atoms with Gasteiger partial charge in [0, 0.05) is 11.9 Å². The van der Waals surface area contributed by atoms with Crippen molar-refractivity contribution in [3.05, 3.63) is 57.4 Å². The summed E-state index contributed by atoms with van der Waals surface area (Å²) in [7, 11) is 0. The molecule has 0 saturated heterocycles. The summed E-state index contributed by atoms with van der Waals surface area (Å²) in [6.07, 6.45) is 2.60. The largest absolute Gasteiger partial charge is 0.454 e. The first-order valence-corrected chi connectivity index (χ1v) is 6.88. The highest BCUT2D eigenvalue weighted by Gasteiger charge is 2.22. The van der Waals surface area contributed by atoms with Gasteiger partial charge < -0.3 is 9.47 Å². The summed E-state index contributed by atoms with van der Waals surface area (Å²) in [6.45, 7) is 1.81. The molecule has 0 spiro atoms. The van der Waals surface area contributed by atoms with E-state index in [9.17, 15) is 14.9 Å². The van der Waals surface area contributed by atoms with Crippen LogP contribution in [0.5, 0.6) is 11.5 Å². The summed E-state index contributed by atoms with van der Waals surface area (Å²) < 4.78 is 10.3. The second-order valence-corrected chi connectivity index (χ2v) is 4.91. The molecular formula is C15H12N4O5. The Bertz CT molecular complexity index is 833. The molecule has 1 aromatic heterocycles. The lowest BCUT2D eigenvalue weighted by Crippen LogP contribution is -2.17. The van der Waals surface area contributed by atoms with Crippen LogP contribution in [-0.2, 0) is 0 Å². The van der Waals surface area contributed by atoms with Crippen LogP contribution in [-0.4, -0.2) is 28.8 Å². The zero-order chi connectivity index (χ0) is 17.1. The maximum Gasteiger partial charge on any atom is 0.282 e. The Morgan fingerprint density at radius 1 is 1.38 bits per heavy atom. The number of hydrogen-bond acceptors (Lipinski definition) is 7. The van der Waals surface area contributed by atoms with Gasteiger partial charge in [0.15, 0.2) is 11.5 Å². The number of aromatic nitrogens is 1. The fourth-order valence-corrected chi connectivity index (χ4v) is 2.04. The molecule has 9 nitrogen and oxygen atoms in total. The average Bonchev–Trinajstić information content (AvgIpc) is 3.01. The lowest BCUT2D eigenvalue weighted by molar-refractivity contribution is -0.385. The highest BCUT2D eigenvalue weighted by molar-refractivity contribution is 5.95. The van der Waals surface area contributed by atoms with Crippen molar-refractivity contribution in [1.29, 1.82) is 0 Å². The van der Waals surface area contributed by atoms with Crippen LogP contribution in [0.3, 0.4) is 0 Å². The smallest absolute Gasteiger partial charge is 0.282 e. The molecule has 1 N–H and O–H groups in total. The number of nitrogens with zero attached hydrogens (tertiary/aromatic N) is 3. The molecule has 9 heteroatoms. The number of hydrogen-bond donors (Lipinski definition) is 1. The first-order valence-electron chi connectivity index (χ1n) is 6.88. The lowest BCUT2D eigenvalue weighted by atomic mass is 10.1. The molecule has 2 aromatic rings. The van der Waals surface area contributed by atoms with E-state index in [4.69, 9.17) is 9.47 Å². The van der Waals surface area contributed by atoms with Crippen LogP contribution in [0.25, 0.3) is 0 Å². The molecule has 0 bridgehead atoms. The second-order valence-electron chi connectivity index (χ2n) is 4.91. The number of amides is 1. The molecule has 1 aliphatic heterocycles. The fraction of sp³-hybridized carbons (Fsp3) is 0.133. The maximum atomic E-state index is 11.9. The minimum Gasteiger partial charge on any atom is -0.454 e. The molecular weight excluding hydrogens is 316 g/mol. The summed E-state index contributed by atoms with van der Waals surface area (Å²) in [5.41, 5.74) is 3.40. The summed E-state index contributed by atoms with van der Waals surface area (Å²) in [4.78, 5) is 26.5. The molecule has 1 amide bonds. The number of hydrazone groups is 1. The monoisotopic (exact) mass is 328 g/mol. The topological polar surface area (TPSA) is 116 Å². The van der Waals surface area contributed by atoms with Gasteiger partial charge in [-0.25, -0.2) is 5.43 Å². The van der Waals surface area contributed by atoms with Crippen LogP contribution < -0.4 is 14.9 Å². The molecule has 24 heavy (non-hydrogen) atoms. The van der Waals surface area contributed by atoms with E-state index in [-0.39, 0.29) is 18.0 Å². The zero-order valence-corrected chi connectivity index (χ0v) is 12.6. The minimum absolute atomic E-state index is 0.00421. The first kappa shape index (κ1) is 15.4. The van der Waals surface area contributed by atoms with Crippen molar-refractivity contribution in [2.75, 3.05) is 6.79 Å². The Morgan fingerprint density at radius 2 is 2.12 bits per heavy atom. The number of carbonyl (C=O) groups is 1. The van der Waals surface area contributed by atoms with Gasteiger partial charge in [0.05, 0.1) is 28.3 Å². The third-order valence-electron chi connectivity index (χ3n) is 3.26. The maximum absolute atomic E-state index is 11.9. The van der Waals surface area contributed by atoms with Crippen LogP contribution >= 0.6 is 0 Å². The van der Waals surface area contributed by atoms with Gasteiger partial charge in [-0.3, -0.25) is 19.9 Å². The highest BCUT2D eigenvalue weighted by Crippen LogP contribution is 2.37. The molecule has 3 rings (SSSR count). The Kier molecular flexibility index (Phi) is 4.06. The molecule has 2 heterocycles. The summed E-state index contributed by atoms with van der Waals surface area (Å²) in [6, 6.07) is 6.00. The normalized spacial score (nSPS) is 12.4. The van der Waals surface area contributed by atoms with Crippen LogP contribution in [0, 0.1) is 17.0 Å². The van der Waals surface area contributed by atoms with Gasteiger partial charge in [-0.2, -0.15) is 5.10 Å². The number of nitro groups is 1. The molecule has 0 atom stereocenters. The van der Waals surface area contributed by atoms with Gasteiger partial charge in [0.25, 0.3) is 11.6 Å². The van der Waals surface area contributed by atoms with Crippen LogP contribution in [0.4, 0.5) is 5.69 Å². The number of nitro benzene ring substituents is 1. The van der Waals surface area contributed by atoms with Crippen LogP contribution in [0.15, 0.2) is 35.6 Å². The number of rotatable bonds is 4. The minimum atomic E-state index is -0.560. The lowest BCUT2D eigenvalue weighted by Gasteiger charge is -2.02. The number of ether oxygens (including phenoxy) is 2. The number of pyridine rings is 1. The highest BCUT2D eigenvalue weighted by atomic mass is 16.7. The molecule has 0 unspecified atom stereocenters. The summed E-state index contributed by atoms with van der Waals surface area (Å²) >= 11 is 0. The molecule has 0 fully saturated rings. The van der Waals surface area contributed by atoms with Crippen molar-refractivity contribution >= 4 is 17.8 Å². The second kappa shape index (κ2) is 6.32. The van der Waals surface area contributed by atoms with Crippen molar-refractivity contribution < 1.29 is 19.2 Å². The number of carbonyl (C=O) groups excluding carboxylic acids is 1. The number of fused-ring (bicyclic) bond motifs is 1. The van der Waals surface area contributed by atoms with Crippen molar-refractivity contribution in [3.63, 3.8) is 0 Å². The van der Waals surface area contributed by atoms with E-state index >= 15 is 0 Å². The van der Waals surface area contributed by atoms with Gasteiger partial charge >= 0.3 is 0 Å². The van der Waals surface area contributed by atoms with E-state index in [1.54, 1.807) is 19.1 Å². The summed E-state index contributed by atoms with van der Waals surface area (Å²) in [5.74, 6) is 0.215. The Morgan fingerprint density at radius 3 is 2.79 bits per heavy atom. The van der Waals surface area contributed by atoms with Gasteiger partial charge in [-0.05, 0) is 25.1 Å².